The number of benzene rings is 1. The Morgan fingerprint density at radius 2 is 2.11 bits per heavy atom. The highest BCUT2D eigenvalue weighted by Crippen LogP contribution is 2.64. The van der Waals surface area contributed by atoms with Crippen molar-refractivity contribution in [2.75, 3.05) is 11.5 Å². The fourth-order valence-corrected chi connectivity index (χ4v) is 6.82. The lowest BCUT2D eigenvalue weighted by Crippen LogP contribution is -2.53. The molecule has 1 aliphatic heterocycles. The molecule has 0 aromatic heterocycles. The van der Waals surface area contributed by atoms with E-state index in [1.807, 2.05) is 0 Å². The molecule has 0 saturated carbocycles. The highest BCUT2D eigenvalue weighted by Gasteiger charge is 2.60. The molecule has 1 aromatic carbocycles. The first-order valence-corrected chi connectivity index (χ1v) is 8.27. The van der Waals surface area contributed by atoms with E-state index in [0.717, 1.165) is 0 Å². The van der Waals surface area contributed by atoms with Gasteiger partial charge in [0.2, 0.25) is 0 Å². The van der Waals surface area contributed by atoms with E-state index in [1.165, 1.54) is 30.8 Å². The molecule has 0 radical (unpaired) electrons. The Balaban J connectivity index is 2.00. The summed E-state index contributed by atoms with van der Waals surface area (Å²) in [5.74, 6) is 3.40. The number of allylic oxidation sites excluding steroid dienone is 2. The summed E-state index contributed by atoms with van der Waals surface area (Å²) in [6, 6.07) is 9.25. The summed E-state index contributed by atoms with van der Waals surface area (Å²) in [5, 5.41) is 0. The fraction of sp³-hybridized carbons (Fsp3) is 0.529. The molecule has 18 heavy (non-hydrogen) atoms. The molecule has 0 amide bonds. The predicted octanol–water partition coefficient (Wildman–Crippen LogP) is 4.20. The minimum Gasteiger partial charge on any atom is -0.160 e. The zero-order valence-electron chi connectivity index (χ0n) is 11.0. The Bertz CT molecular complexity index is 518. The van der Waals surface area contributed by atoms with Gasteiger partial charge in [-0.1, -0.05) is 43.3 Å². The van der Waals surface area contributed by atoms with Crippen molar-refractivity contribution in [2.24, 2.45) is 11.3 Å². The van der Waals surface area contributed by atoms with Crippen LogP contribution in [0.15, 0.2) is 36.4 Å². The van der Waals surface area contributed by atoms with E-state index < -0.39 is 0 Å². The van der Waals surface area contributed by atoms with Gasteiger partial charge in [-0.15, -0.1) is 0 Å². The van der Waals surface area contributed by atoms with Crippen molar-refractivity contribution in [1.29, 1.82) is 0 Å². The minimum atomic E-state index is 0.432. The van der Waals surface area contributed by atoms with Crippen molar-refractivity contribution in [3.05, 3.63) is 47.5 Å². The highest BCUT2D eigenvalue weighted by molar-refractivity contribution is 7.99. The molecule has 0 spiro atoms. The third-order valence-corrected chi connectivity index (χ3v) is 7.15. The Hall–Kier alpha value is -0.690. The lowest BCUT2D eigenvalue weighted by Gasteiger charge is -2.54. The van der Waals surface area contributed by atoms with E-state index in [4.69, 9.17) is 0 Å². The maximum atomic E-state index is 2.48. The zero-order valence-corrected chi connectivity index (χ0v) is 11.8. The van der Waals surface area contributed by atoms with E-state index >= 15 is 0 Å². The molecule has 1 aromatic rings. The summed E-state index contributed by atoms with van der Waals surface area (Å²) in [4.78, 5) is 0. The molecule has 1 heterocycles. The average molecular weight is 256 g/mol. The summed E-state index contributed by atoms with van der Waals surface area (Å²) in [6.45, 7) is 2.44. The maximum absolute atomic E-state index is 2.48. The van der Waals surface area contributed by atoms with Crippen LogP contribution in [0.25, 0.3) is 0 Å². The van der Waals surface area contributed by atoms with Crippen molar-refractivity contribution in [2.45, 2.75) is 31.6 Å². The first kappa shape index (κ1) is 11.2. The fourth-order valence-electron chi connectivity index (χ4n) is 4.76. The standard InChI is InChI=1S/C17H20S/c1-13-5-4-9-16-10-8-14-6-2-3-7-15(14)17(13,16)12-18-11-16/h2-7,13H,8-12H2,1H3/t13-,16-,17+/m0/s1. The smallest absolute Gasteiger partial charge is 0.0173 e. The summed E-state index contributed by atoms with van der Waals surface area (Å²) in [6.07, 6.45) is 8.93. The Labute approximate surface area is 114 Å². The van der Waals surface area contributed by atoms with Gasteiger partial charge in [-0.2, -0.15) is 11.8 Å². The number of fused-ring (bicyclic) bond motifs is 1. The Morgan fingerprint density at radius 3 is 3.06 bits per heavy atom. The molecule has 0 nitrogen and oxygen atoms in total. The van der Waals surface area contributed by atoms with Gasteiger partial charge >= 0.3 is 0 Å². The van der Waals surface area contributed by atoms with Crippen molar-refractivity contribution in [3.63, 3.8) is 0 Å². The quantitative estimate of drug-likeness (QED) is 0.627. The molecule has 1 fully saturated rings. The van der Waals surface area contributed by atoms with Crippen molar-refractivity contribution >= 4 is 11.8 Å². The first-order chi connectivity index (χ1) is 8.79. The lowest BCUT2D eigenvalue weighted by molar-refractivity contribution is 0.103. The van der Waals surface area contributed by atoms with E-state index in [9.17, 15) is 0 Å². The summed E-state index contributed by atoms with van der Waals surface area (Å²) >= 11 is 2.19. The number of rotatable bonds is 0. The van der Waals surface area contributed by atoms with E-state index in [1.54, 1.807) is 11.1 Å². The zero-order chi connectivity index (χ0) is 12.2. The van der Waals surface area contributed by atoms with Gasteiger partial charge in [0.25, 0.3) is 0 Å². The van der Waals surface area contributed by atoms with Crippen LogP contribution in [-0.4, -0.2) is 11.5 Å². The normalized spacial score (nSPS) is 41.1. The van der Waals surface area contributed by atoms with Gasteiger partial charge in [0.15, 0.2) is 0 Å². The van der Waals surface area contributed by atoms with Crippen LogP contribution in [0.2, 0.25) is 0 Å². The molecule has 2 aliphatic carbocycles. The third-order valence-electron chi connectivity index (χ3n) is 5.74. The van der Waals surface area contributed by atoms with Crippen molar-refractivity contribution in [3.8, 4) is 0 Å². The molecule has 1 saturated heterocycles. The summed E-state index contributed by atoms with van der Waals surface area (Å²) < 4.78 is 0. The molecule has 94 valence electrons. The van der Waals surface area contributed by atoms with Crippen LogP contribution in [0.3, 0.4) is 0 Å². The second kappa shape index (κ2) is 3.66. The Morgan fingerprint density at radius 1 is 1.22 bits per heavy atom. The second-order valence-electron chi connectivity index (χ2n) is 6.32. The van der Waals surface area contributed by atoms with Crippen molar-refractivity contribution < 1.29 is 0 Å². The molecule has 0 N–H and O–H groups in total. The molecular formula is C17H20S. The van der Waals surface area contributed by atoms with E-state index in [0.29, 0.717) is 16.7 Å². The third kappa shape index (κ3) is 1.15. The second-order valence-corrected chi connectivity index (χ2v) is 7.31. The number of thioether (sulfide) groups is 1. The van der Waals surface area contributed by atoms with Crippen LogP contribution in [0.5, 0.6) is 0 Å². The van der Waals surface area contributed by atoms with Crippen LogP contribution in [0, 0.1) is 11.3 Å². The van der Waals surface area contributed by atoms with Crippen LogP contribution >= 0.6 is 11.8 Å². The maximum Gasteiger partial charge on any atom is 0.0173 e. The SMILES string of the molecule is C[C@H]1C=CC[C@@]23CCc4ccccc4[C@@]12CSC3. The van der Waals surface area contributed by atoms with Crippen molar-refractivity contribution in [1.82, 2.24) is 0 Å². The summed E-state index contributed by atoms with van der Waals surface area (Å²) in [7, 11) is 0. The van der Waals surface area contributed by atoms with Crippen LogP contribution in [0.4, 0.5) is 0 Å². The van der Waals surface area contributed by atoms with Gasteiger partial charge in [-0.25, -0.2) is 0 Å². The van der Waals surface area contributed by atoms with Gasteiger partial charge in [-0.05, 0) is 41.7 Å². The Kier molecular flexibility index (Phi) is 2.27. The number of aryl methyl sites for hydroxylation is 1. The van der Waals surface area contributed by atoms with Gasteiger partial charge < -0.3 is 0 Å². The van der Waals surface area contributed by atoms with E-state index in [2.05, 4.69) is 55.1 Å². The molecule has 1 heteroatoms. The topological polar surface area (TPSA) is 0 Å². The van der Waals surface area contributed by atoms with E-state index in [-0.39, 0.29) is 0 Å². The molecule has 3 aliphatic rings. The van der Waals surface area contributed by atoms with Gasteiger partial charge in [0, 0.05) is 16.9 Å². The molecule has 0 bridgehead atoms. The lowest BCUT2D eigenvalue weighted by atomic mass is 9.48. The summed E-state index contributed by atoms with van der Waals surface area (Å²) in [5.41, 5.74) is 4.29. The van der Waals surface area contributed by atoms with Crippen LogP contribution in [-0.2, 0) is 11.8 Å². The number of hydrogen-bond donors (Lipinski definition) is 0. The average Bonchev–Trinajstić information content (AvgIpc) is 2.81. The number of hydrogen-bond acceptors (Lipinski definition) is 1. The monoisotopic (exact) mass is 256 g/mol. The minimum absolute atomic E-state index is 0.432. The molecule has 3 atom stereocenters. The van der Waals surface area contributed by atoms with Crippen LogP contribution in [0.1, 0.15) is 30.9 Å². The molecular weight excluding hydrogens is 236 g/mol. The molecule has 4 rings (SSSR count). The first-order valence-electron chi connectivity index (χ1n) is 7.11. The molecule has 0 unspecified atom stereocenters. The largest absolute Gasteiger partial charge is 0.160 e. The van der Waals surface area contributed by atoms with Gasteiger partial charge in [0.05, 0.1) is 0 Å². The van der Waals surface area contributed by atoms with Gasteiger partial charge in [-0.3, -0.25) is 0 Å². The highest BCUT2D eigenvalue weighted by atomic mass is 32.2. The van der Waals surface area contributed by atoms with Gasteiger partial charge in [0.1, 0.15) is 0 Å². The van der Waals surface area contributed by atoms with Crippen LogP contribution < -0.4 is 0 Å². The predicted molar refractivity (Wildman–Crippen MR) is 79.1 cm³/mol.